The number of benzene rings is 1. The van der Waals surface area contributed by atoms with Crippen LogP contribution in [0, 0.1) is 0 Å². The van der Waals surface area contributed by atoms with E-state index in [0.717, 1.165) is 5.69 Å². The first-order chi connectivity index (χ1) is 7.55. The van der Waals surface area contributed by atoms with Gasteiger partial charge in [0, 0.05) is 5.69 Å². The first-order valence-electron chi connectivity index (χ1n) is 5.30. The van der Waals surface area contributed by atoms with Gasteiger partial charge in [-0.25, -0.2) is 9.67 Å². The van der Waals surface area contributed by atoms with E-state index in [2.05, 4.69) is 36.2 Å². The highest BCUT2D eigenvalue weighted by Gasteiger charge is 2.14. The first kappa shape index (κ1) is 10.7. The van der Waals surface area contributed by atoms with Crippen molar-refractivity contribution in [3.8, 4) is 0 Å². The number of para-hydroxylation sites is 1. The van der Waals surface area contributed by atoms with Gasteiger partial charge in [-0.1, -0.05) is 18.2 Å². The van der Waals surface area contributed by atoms with E-state index in [1.54, 1.807) is 6.33 Å². The number of rotatable bonds is 2. The molecule has 1 aromatic carbocycles. The molecule has 2 aromatic rings. The third-order valence-electron chi connectivity index (χ3n) is 2.21. The molecule has 1 N–H and O–H groups in total. The quantitative estimate of drug-likeness (QED) is 0.839. The molecular weight excluding hydrogens is 200 g/mol. The fourth-order valence-corrected chi connectivity index (χ4v) is 1.29. The van der Waals surface area contributed by atoms with Gasteiger partial charge in [0.25, 0.3) is 0 Å². The van der Waals surface area contributed by atoms with Crippen LogP contribution in [0.15, 0.2) is 36.7 Å². The molecule has 0 aliphatic rings. The van der Waals surface area contributed by atoms with E-state index in [-0.39, 0.29) is 5.54 Å². The molecule has 0 fully saturated rings. The van der Waals surface area contributed by atoms with Crippen molar-refractivity contribution in [1.82, 2.24) is 14.8 Å². The summed E-state index contributed by atoms with van der Waals surface area (Å²) >= 11 is 0. The number of nitrogens with one attached hydrogen (secondary N) is 1. The minimum Gasteiger partial charge on any atom is -0.323 e. The lowest BCUT2D eigenvalue weighted by Gasteiger charge is -2.17. The standard InChI is InChI=1S/C12H16N4/c1-12(2,3)16-9-13-11(15-16)14-10-7-5-4-6-8-10/h4-9H,1-3H3,(H,14,15). The highest BCUT2D eigenvalue weighted by atomic mass is 15.4. The maximum atomic E-state index is 4.37. The summed E-state index contributed by atoms with van der Waals surface area (Å²) in [7, 11) is 0. The zero-order valence-corrected chi connectivity index (χ0v) is 9.81. The predicted molar refractivity (Wildman–Crippen MR) is 64.7 cm³/mol. The Morgan fingerprint density at radius 3 is 2.38 bits per heavy atom. The molecule has 0 saturated heterocycles. The van der Waals surface area contributed by atoms with Gasteiger partial charge in [0.15, 0.2) is 0 Å². The van der Waals surface area contributed by atoms with Gasteiger partial charge >= 0.3 is 0 Å². The molecule has 16 heavy (non-hydrogen) atoms. The minimum absolute atomic E-state index is 0.0381. The molecule has 0 unspecified atom stereocenters. The molecule has 0 aliphatic heterocycles. The van der Waals surface area contributed by atoms with Gasteiger partial charge in [0.1, 0.15) is 6.33 Å². The fourth-order valence-electron chi connectivity index (χ4n) is 1.29. The molecule has 0 aliphatic carbocycles. The molecule has 0 atom stereocenters. The monoisotopic (exact) mass is 216 g/mol. The van der Waals surface area contributed by atoms with Crippen LogP contribution in [0.3, 0.4) is 0 Å². The number of hydrogen-bond acceptors (Lipinski definition) is 3. The average molecular weight is 216 g/mol. The molecule has 0 amide bonds. The fraction of sp³-hybridized carbons (Fsp3) is 0.333. The number of anilines is 2. The molecule has 0 saturated carbocycles. The van der Waals surface area contributed by atoms with E-state index in [4.69, 9.17) is 0 Å². The summed E-state index contributed by atoms with van der Waals surface area (Å²) in [6.45, 7) is 6.27. The Labute approximate surface area is 95.3 Å². The lowest BCUT2D eigenvalue weighted by Crippen LogP contribution is -2.22. The van der Waals surface area contributed by atoms with Crippen LogP contribution < -0.4 is 5.32 Å². The van der Waals surface area contributed by atoms with Gasteiger partial charge in [0.2, 0.25) is 5.95 Å². The normalized spacial score (nSPS) is 11.4. The zero-order chi connectivity index (χ0) is 11.6. The van der Waals surface area contributed by atoms with Gasteiger partial charge in [-0.15, -0.1) is 5.10 Å². The molecule has 1 aromatic heterocycles. The summed E-state index contributed by atoms with van der Waals surface area (Å²) in [6.07, 6.45) is 1.74. The van der Waals surface area contributed by atoms with Crippen LogP contribution in [0.2, 0.25) is 0 Å². The van der Waals surface area contributed by atoms with Crippen molar-refractivity contribution in [3.63, 3.8) is 0 Å². The van der Waals surface area contributed by atoms with Crippen molar-refractivity contribution < 1.29 is 0 Å². The lowest BCUT2D eigenvalue weighted by atomic mass is 10.1. The Morgan fingerprint density at radius 1 is 1.12 bits per heavy atom. The average Bonchev–Trinajstić information content (AvgIpc) is 2.67. The third-order valence-corrected chi connectivity index (χ3v) is 2.21. The third kappa shape index (κ3) is 2.39. The van der Waals surface area contributed by atoms with Gasteiger partial charge < -0.3 is 5.32 Å². The van der Waals surface area contributed by atoms with E-state index in [1.807, 2.05) is 35.0 Å². The van der Waals surface area contributed by atoms with E-state index in [0.29, 0.717) is 5.95 Å². The molecule has 4 nitrogen and oxygen atoms in total. The molecule has 0 bridgehead atoms. The Hall–Kier alpha value is -1.84. The second kappa shape index (κ2) is 3.96. The summed E-state index contributed by atoms with van der Waals surface area (Å²) < 4.78 is 1.85. The largest absolute Gasteiger partial charge is 0.323 e. The molecule has 84 valence electrons. The van der Waals surface area contributed by atoms with Gasteiger partial charge in [-0.2, -0.15) is 0 Å². The first-order valence-corrected chi connectivity index (χ1v) is 5.30. The SMILES string of the molecule is CC(C)(C)n1cnc(Nc2ccccc2)n1. The second-order valence-electron chi connectivity index (χ2n) is 4.67. The summed E-state index contributed by atoms with van der Waals surface area (Å²) in [5, 5.41) is 7.52. The van der Waals surface area contributed by atoms with E-state index in [1.165, 1.54) is 0 Å². The summed E-state index contributed by atoms with van der Waals surface area (Å²) in [4.78, 5) is 4.22. The molecule has 0 spiro atoms. The molecule has 2 rings (SSSR count). The van der Waals surface area contributed by atoms with Crippen molar-refractivity contribution in [1.29, 1.82) is 0 Å². The van der Waals surface area contributed by atoms with Crippen LogP contribution in [0.1, 0.15) is 20.8 Å². The smallest absolute Gasteiger partial charge is 0.246 e. The molecule has 1 heterocycles. The maximum absolute atomic E-state index is 4.37. The topological polar surface area (TPSA) is 42.7 Å². The molecule has 4 heteroatoms. The van der Waals surface area contributed by atoms with Crippen LogP contribution in [0.5, 0.6) is 0 Å². The van der Waals surface area contributed by atoms with E-state index < -0.39 is 0 Å². The Morgan fingerprint density at radius 2 is 1.81 bits per heavy atom. The van der Waals surface area contributed by atoms with Crippen LogP contribution in [-0.4, -0.2) is 14.8 Å². The van der Waals surface area contributed by atoms with Crippen LogP contribution in [0.25, 0.3) is 0 Å². The highest BCUT2D eigenvalue weighted by Crippen LogP contribution is 2.15. The Bertz CT molecular complexity index is 453. The van der Waals surface area contributed by atoms with Gasteiger partial charge in [-0.05, 0) is 32.9 Å². The molecule has 0 radical (unpaired) electrons. The van der Waals surface area contributed by atoms with Crippen LogP contribution in [0.4, 0.5) is 11.6 Å². The van der Waals surface area contributed by atoms with E-state index in [9.17, 15) is 0 Å². The van der Waals surface area contributed by atoms with Gasteiger partial charge in [0.05, 0.1) is 5.54 Å². The molecular formula is C12H16N4. The van der Waals surface area contributed by atoms with Crippen molar-refractivity contribution in [2.75, 3.05) is 5.32 Å². The Balaban J connectivity index is 2.15. The number of hydrogen-bond donors (Lipinski definition) is 1. The number of aromatic nitrogens is 3. The summed E-state index contributed by atoms with van der Waals surface area (Å²) in [5.41, 5.74) is 0.957. The van der Waals surface area contributed by atoms with E-state index >= 15 is 0 Å². The van der Waals surface area contributed by atoms with Crippen molar-refractivity contribution >= 4 is 11.6 Å². The Kier molecular flexibility index (Phi) is 2.64. The van der Waals surface area contributed by atoms with Crippen molar-refractivity contribution in [2.24, 2.45) is 0 Å². The van der Waals surface area contributed by atoms with Crippen molar-refractivity contribution in [3.05, 3.63) is 36.7 Å². The number of nitrogens with zero attached hydrogens (tertiary/aromatic N) is 3. The minimum atomic E-state index is -0.0381. The van der Waals surface area contributed by atoms with Gasteiger partial charge in [-0.3, -0.25) is 0 Å². The predicted octanol–water partition coefficient (Wildman–Crippen LogP) is 2.78. The summed E-state index contributed by atoms with van der Waals surface area (Å²) in [5.74, 6) is 0.626. The summed E-state index contributed by atoms with van der Waals surface area (Å²) in [6, 6.07) is 9.90. The maximum Gasteiger partial charge on any atom is 0.246 e. The lowest BCUT2D eigenvalue weighted by molar-refractivity contribution is 0.355. The van der Waals surface area contributed by atoms with Crippen LogP contribution >= 0.6 is 0 Å². The second-order valence-corrected chi connectivity index (χ2v) is 4.67. The zero-order valence-electron chi connectivity index (χ0n) is 9.81. The van der Waals surface area contributed by atoms with Crippen molar-refractivity contribution in [2.45, 2.75) is 26.3 Å². The van der Waals surface area contributed by atoms with Crippen LogP contribution in [-0.2, 0) is 5.54 Å². The highest BCUT2D eigenvalue weighted by molar-refractivity contribution is 5.51.